The second-order valence-electron chi connectivity index (χ2n) is 9.22. The summed E-state index contributed by atoms with van der Waals surface area (Å²) in [6.07, 6.45) is 0. The standard InChI is InChI=1S/C22H32O2Si/c1-21(2,3)17-25(18-22(4,5)6,23-19-13-9-7-10-14-19)24-20-15-11-8-12-16-20/h7-16H,17-18H2,1-6H3. The van der Waals surface area contributed by atoms with E-state index in [0.717, 1.165) is 23.6 Å². The molecule has 136 valence electrons. The van der Waals surface area contributed by atoms with Crippen molar-refractivity contribution < 1.29 is 8.85 Å². The molecule has 3 heteroatoms. The van der Waals surface area contributed by atoms with Crippen LogP contribution in [-0.4, -0.2) is 8.56 Å². The highest BCUT2D eigenvalue weighted by molar-refractivity contribution is 6.69. The van der Waals surface area contributed by atoms with Crippen molar-refractivity contribution in [3.05, 3.63) is 60.7 Å². The molecule has 0 unspecified atom stereocenters. The second kappa shape index (κ2) is 7.65. The third-order valence-corrected chi connectivity index (χ3v) is 8.11. The van der Waals surface area contributed by atoms with Crippen LogP contribution in [0.25, 0.3) is 0 Å². The number of hydrogen-bond donors (Lipinski definition) is 0. The summed E-state index contributed by atoms with van der Waals surface area (Å²) < 4.78 is 13.3. The van der Waals surface area contributed by atoms with E-state index < -0.39 is 8.56 Å². The van der Waals surface area contributed by atoms with E-state index in [2.05, 4.69) is 41.5 Å². The molecule has 0 atom stereocenters. The fourth-order valence-corrected chi connectivity index (χ4v) is 8.07. The molecule has 0 saturated carbocycles. The van der Waals surface area contributed by atoms with E-state index in [-0.39, 0.29) is 10.8 Å². The van der Waals surface area contributed by atoms with Crippen LogP contribution >= 0.6 is 0 Å². The van der Waals surface area contributed by atoms with Crippen molar-refractivity contribution >= 4 is 8.56 Å². The Morgan fingerprint density at radius 3 is 1.20 bits per heavy atom. The van der Waals surface area contributed by atoms with Crippen LogP contribution in [0.4, 0.5) is 0 Å². The Hall–Kier alpha value is -1.74. The summed E-state index contributed by atoms with van der Waals surface area (Å²) in [5.41, 5.74) is 0.252. The third kappa shape index (κ3) is 6.95. The third-order valence-electron chi connectivity index (χ3n) is 3.69. The molecule has 0 fully saturated rings. The first kappa shape index (κ1) is 19.6. The fourth-order valence-electron chi connectivity index (χ4n) is 3.25. The SMILES string of the molecule is CC(C)(C)C[Si](CC(C)(C)C)(Oc1ccccc1)Oc1ccccc1. The summed E-state index contributed by atoms with van der Waals surface area (Å²) in [7, 11) is -2.55. The van der Waals surface area contributed by atoms with Gasteiger partial charge in [0.15, 0.2) is 0 Å². The monoisotopic (exact) mass is 356 g/mol. The van der Waals surface area contributed by atoms with E-state index in [9.17, 15) is 0 Å². The van der Waals surface area contributed by atoms with Crippen molar-refractivity contribution in [2.24, 2.45) is 10.8 Å². The Labute approximate surface area is 154 Å². The van der Waals surface area contributed by atoms with Gasteiger partial charge in [0.1, 0.15) is 11.5 Å². The van der Waals surface area contributed by atoms with Gasteiger partial charge in [-0.05, 0) is 35.1 Å². The lowest BCUT2D eigenvalue weighted by Crippen LogP contribution is -2.53. The maximum absolute atomic E-state index is 6.67. The Kier molecular flexibility index (Phi) is 5.99. The molecule has 0 bridgehead atoms. The molecule has 2 nitrogen and oxygen atoms in total. The number of hydrogen-bond acceptors (Lipinski definition) is 2. The highest BCUT2D eigenvalue weighted by Crippen LogP contribution is 2.39. The average Bonchev–Trinajstić information content (AvgIpc) is 2.45. The molecule has 0 radical (unpaired) electrons. The van der Waals surface area contributed by atoms with Gasteiger partial charge >= 0.3 is 8.56 Å². The first-order chi connectivity index (χ1) is 11.6. The lowest BCUT2D eigenvalue weighted by molar-refractivity contribution is 0.305. The van der Waals surface area contributed by atoms with Crippen LogP contribution in [-0.2, 0) is 0 Å². The molecule has 0 aliphatic carbocycles. The van der Waals surface area contributed by atoms with Crippen molar-refractivity contribution in [3.63, 3.8) is 0 Å². The van der Waals surface area contributed by atoms with Crippen LogP contribution in [0.1, 0.15) is 41.5 Å². The summed E-state index contributed by atoms with van der Waals surface area (Å²) in [6, 6.07) is 22.1. The van der Waals surface area contributed by atoms with Gasteiger partial charge in [-0.15, -0.1) is 0 Å². The van der Waals surface area contributed by atoms with Gasteiger partial charge in [-0.1, -0.05) is 77.9 Å². The van der Waals surface area contributed by atoms with Gasteiger partial charge in [0.25, 0.3) is 0 Å². The Balaban J connectivity index is 2.43. The first-order valence-electron chi connectivity index (χ1n) is 9.05. The number of rotatable bonds is 6. The van der Waals surface area contributed by atoms with E-state index in [1.54, 1.807) is 0 Å². The van der Waals surface area contributed by atoms with Crippen LogP contribution in [0.5, 0.6) is 11.5 Å². The van der Waals surface area contributed by atoms with Crippen molar-refractivity contribution in [1.82, 2.24) is 0 Å². The van der Waals surface area contributed by atoms with Crippen LogP contribution in [0.3, 0.4) is 0 Å². The lowest BCUT2D eigenvalue weighted by atomic mass is 10.00. The highest BCUT2D eigenvalue weighted by atomic mass is 28.4. The molecular weight excluding hydrogens is 324 g/mol. The first-order valence-corrected chi connectivity index (χ1v) is 11.3. The molecular formula is C22H32O2Si. The summed E-state index contributed by atoms with van der Waals surface area (Å²) >= 11 is 0. The smallest absolute Gasteiger partial charge is 0.461 e. The summed E-state index contributed by atoms with van der Waals surface area (Å²) in [4.78, 5) is 0. The summed E-state index contributed by atoms with van der Waals surface area (Å²) in [5, 5.41) is 0. The largest absolute Gasteiger partial charge is 0.512 e. The molecule has 0 aliphatic heterocycles. The van der Waals surface area contributed by atoms with Crippen LogP contribution < -0.4 is 8.85 Å². The minimum Gasteiger partial charge on any atom is -0.512 e. The highest BCUT2D eigenvalue weighted by Gasteiger charge is 2.48. The summed E-state index contributed by atoms with van der Waals surface area (Å²) in [5.74, 6) is 1.80. The molecule has 0 saturated heterocycles. The lowest BCUT2D eigenvalue weighted by Gasteiger charge is -2.39. The Morgan fingerprint density at radius 1 is 0.600 bits per heavy atom. The van der Waals surface area contributed by atoms with Gasteiger partial charge in [-0.3, -0.25) is 0 Å². The molecule has 0 aliphatic rings. The van der Waals surface area contributed by atoms with Crippen LogP contribution in [0, 0.1) is 10.8 Å². The van der Waals surface area contributed by atoms with E-state index in [0.29, 0.717) is 0 Å². The maximum Gasteiger partial charge on any atom is 0.461 e. The molecule has 2 rings (SSSR count). The van der Waals surface area contributed by atoms with Gasteiger partial charge in [-0.25, -0.2) is 0 Å². The number of benzene rings is 2. The average molecular weight is 357 g/mol. The van der Waals surface area contributed by atoms with Crippen LogP contribution in [0.15, 0.2) is 60.7 Å². The second-order valence-corrected chi connectivity index (χ2v) is 12.2. The zero-order valence-corrected chi connectivity index (χ0v) is 17.5. The van der Waals surface area contributed by atoms with Gasteiger partial charge in [0.2, 0.25) is 0 Å². The topological polar surface area (TPSA) is 18.5 Å². The Bertz CT molecular complexity index is 580. The summed E-state index contributed by atoms with van der Waals surface area (Å²) in [6.45, 7) is 13.6. The molecule has 2 aromatic rings. The Morgan fingerprint density at radius 2 is 0.920 bits per heavy atom. The normalized spacial score (nSPS) is 12.7. The predicted molar refractivity (Wildman–Crippen MR) is 108 cm³/mol. The van der Waals surface area contributed by atoms with E-state index in [4.69, 9.17) is 8.85 Å². The van der Waals surface area contributed by atoms with Crippen molar-refractivity contribution in [2.45, 2.75) is 53.6 Å². The molecule has 0 heterocycles. The van der Waals surface area contributed by atoms with Crippen molar-refractivity contribution in [2.75, 3.05) is 0 Å². The molecule has 0 amide bonds. The minimum absolute atomic E-state index is 0.126. The van der Waals surface area contributed by atoms with Crippen LogP contribution in [0.2, 0.25) is 12.1 Å². The molecule has 0 spiro atoms. The molecule has 0 aromatic heterocycles. The van der Waals surface area contributed by atoms with Crippen molar-refractivity contribution in [1.29, 1.82) is 0 Å². The van der Waals surface area contributed by atoms with E-state index >= 15 is 0 Å². The molecule has 25 heavy (non-hydrogen) atoms. The fraction of sp³-hybridized carbons (Fsp3) is 0.455. The quantitative estimate of drug-likeness (QED) is 0.537. The zero-order valence-electron chi connectivity index (χ0n) is 16.5. The number of para-hydroxylation sites is 2. The maximum atomic E-state index is 6.67. The van der Waals surface area contributed by atoms with Gasteiger partial charge in [0.05, 0.1) is 0 Å². The molecule has 2 aromatic carbocycles. The van der Waals surface area contributed by atoms with Gasteiger partial charge in [0, 0.05) is 12.1 Å². The van der Waals surface area contributed by atoms with Crippen molar-refractivity contribution in [3.8, 4) is 11.5 Å². The van der Waals surface area contributed by atoms with Gasteiger partial charge < -0.3 is 8.85 Å². The van der Waals surface area contributed by atoms with Gasteiger partial charge in [-0.2, -0.15) is 0 Å². The minimum atomic E-state index is -2.55. The van der Waals surface area contributed by atoms with E-state index in [1.165, 1.54) is 0 Å². The van der Waals surface area contributed by atoms with E-state index in [1.807, 2.05) is 60.7 Å². The zero-order chi connectivity index (χ0) is 18.6. The predicted octanol–water partition coefficient (Wildman–Crippen LogP) is 6.68. The molecule has 0 N–H and O–H groups in total.